The molecule has 4 N–H and O–H groups in total. The first-order chi connectivity index (χ1) is 16.3. The van der Waals surface area contributed by atoms with Crippen molar-refractivity contribution in [3.8, 4) is 0 Å². The van der Waals surface area contributed by atoms with Crippen LogP contribution in [0.1, 0.15) is 25.0 Å². The molecule has 2 unspecified atom stereocenters. The van der Waals surface area contributed by atoms with Gasteiger partial charge in [-0.05, 0) is 25.0 Å². The van der Waals surface area contributed by atoms with Crippen LogP contribution >= 0.6 is 0 Å². The molecule has 2 aromatic carbocycles. The van der Waals surface area contributed by atoms with E-state index in [0.29, 0.717) is 0 Å². The molecule has 184 valence electrons. The molecule has 34 heavy (non-hydrogen) atoms. The van der Waals surface area contributed by atoms with Gasteiger partial charge >= 0.3 is 24.1 Å². The lowest BCUT2D eigenvalue weighted by molar-refractivity contribution is -0.145. The number of esters is 2. The maximum Gasteiger partial charge on any atom is 0.503 e. The third-order valence-corrected chi connectivity index (χ3v) is 4.32. The Morgan fingerprint density at radius 2 is 1.03 bits per heavy atom. The second kappa shape index (κ2) is 15.7. The smallest absolute Gasteiger partial charge is 0.464 e. The number of carbonyl (C=O) groups excluding carboxylic acids is 3. The average Bonchev–Trinajstić information content (AvgIpc) is 2.79. The molecule has 0 heterocycles. The number of carboxylic acid groups (broad SMARTS) is 2. The zero-order valence-corrected chi connectivity index (χ0v) is 19.1. The van der Waals surface area contributed by atoms with Gasteiger partial charge in [-0.15, -0.1) is 0 Å². The molecule has 10 nitrogen and oxygen atoms in total. The minimum Gasteiger partial charge on any atom is -0.464 e. The minimum atomic E-state index is -1.83. The van der Waals surface area contributed by atoms with Crippen LogP contribution in [0.3, 0.4) is 0 Å². The molecule has 0 saturated heterocycles. The molecule has 0 fully saturated rings. The van der Waals surface area contributed by atoms with E-state index in [4.69, 9.17) is 24.5 Å². The summed E-state index contributed by atoms with van der Waals surface area (Å²) in [4.78, 5) is 45.9. The number of hydrogen-bond donors (Lipinski definition) is 4. The molecule has 0 aliphatic rings. The molecule has 10 heteroatoms. The number of carbonyl (C=O) groups is 4. The Morgan fingerprint density at radius 3 is 1.32 bits per heavy atom. The maximum atomic E-state index is 12.6. The Bertz CT molecular complexity index is 834. The third kappa shape index (κ3) is 11.5. The lowest BCUT2D eigenvalue weighted by Crippen LogP contribution is -2.53. The molecule has 0 saturated carbocycles. The van der Waals surface area contributed by atoms with Crippen molar-refractivity contribution in [1.29, 1.82) is 0 Å². The predicted molar refractivity (Wildman–Crippen MR) is 123 cm³/mol. The van der Waals surface area contributed by atoms with Gasteiger partial charge in [0.25, 0.3) is 0 Å². The number of benzene rings is 2. The van der Waals surface area contributed by atoms with E-state index in [0.717, 1.165) is 11.1 Å². The van der Waals surface area contributed by atoms with Crippen LogP contribution in [0.2, 0.25) is 0 Å². The van der Waals surface area contributed by atoms with E-state index in [1.54, 1.807) is 13.8 Å². The van der Waals surface area contributed by atoms with Gasteiger partial charge in [-0.1, -0.05) is 60.7 Å². The van der Waals surface area contributed by atoms with Gasteiger partial charge in [0.15, 0.2) is 0 Å². The van der Waals surface area contributed by atoms with Crippen molar-refractivity contribution in [2.75, 3.05) is 13.2 Å². The van der Waals surface area contributed by atoms with E-state index in [9.17, 15) is 14.4 Å². The summed E-state index contributed by atoms with van der Waals surface area (Å²) in [6, 6.07) is 16.2. The molecule has 2 aromatic rings. The number of urea groups is 1. The van der Waals surface area contributed by atoms with E-state index in [-0.39, 0.29) is 26.1 Å². The molecule has 0 spiro atoms. The lowest BCUT2D eigenvalue weighted by Gasteiger charge is -2.21. The third-order valence-electron chi connectivity index (χ3n) is 4.32. The van der Waals surface area contributed by atoms with Gasteiger partial charge in [0.2, 0.25) is 0 Å². The van der Waals surface area contributed by atoms with Gasteiger partial charge in [0.1, 0.15) is 12.1 Å². The summed E-state index contributed by atoms with van der Waals surface area (Å²) in [5, 5.41) is 19.2. The molecule has 2 amide bonds. The van der Waals surface area contributed by atoms with Crippen LogP contribution < -0.4 is 10.6 Å². The van der Waals surface area contributed by atoms with Gasteiger partial charge in [-0.3, -0.25) is 0 Å². The SMILES string of the molecule is CCOC(=O)C(Cc1ccccc1)NC(=O)NC(Cc1ccccc1)C(=O)OCC.O=C(O)O. The Morgan fingerprint density at radius 1 is 0.706 bits per heavy atom. The number of rotatable bonds is 10. The summed E-state index contributed by atoms with van der Waals surface area (Å²) in [6.07, 6.45) is -1.29. The molecule has 0 bridgehead atoms. The number of nitrogens with one attached hydrogen (secondary N) is 2. The van der Waals surface area contributed by atoms with E-state index >= 15 is 0 Å². The van der Waals surface area contributed by atoms with Crippen molar-refractivity contribution in [3.05, 3.63) is 71.8 Å². The summed E-state index contributed by atoms with van der Waals surface area (Å²) in [5.41, 5.74) is 1.75. The molecule has 0 aromatic heterocycles. The summed E-state index contributed by atoms with van der Waals surface area (Å²) in [5.74, 6) is -1.07. The largest absolute Gasteiger partial charge is 0.503 e. The highest BCUT2D eigenvalue weighted by molar-refractivity contribution is 5.87. The normalized spacial score (nSPS) is 11.6. The van der Waals surface area contributed by atoms with Gasteiger partial charge < -0.3 is 30.3 Å². The summed E-state index contributed by atoms with van der Waals surface area (Å²) < 4.78 is 10.2. The molecule has 2 atom stereocenters. The van der Waals surface area contributed by atoms with Crippen molar-refractivity contribution in [1.82, 2.24) is 10.6 Å². The Balaban J connectivity index is 0.00000133. The highest BCUT2D eigenvalue weighted by atomic mass is 16.6. The van der Waals surface area contributed by atoms with Crippen LogP contribution in [0.25, 0.3) is 0 Å². The summed E-state index contributed by atoms with van der Waals surface area (Å²) >= 11 is 0. The minimum absolute atomic E-state index is 0.201. The van der Waals surface area contributed by atoms with Gasteiger partial charge in [0, 0.05) is 12.8 Å². The zero-order chi connectivity index (χ0) is 25.3. The first-order valence-corrected chi connectivity index (χ1v) is 10.7. The monoisotopic (exact) mass is 474 g/mol. The highest BCUT2D eigenvalue weighted by Crippen LogP contribution is 2.07. The van der Waals surface area contributed by atoms with E-state index in [1.807, 2.05) is 60.7 Å². The molecule has 2 rings (SSSR count). The van der Waals surface area contributed by atoms with Gasteiger partial charge in [-0.25, -0.2) is 19.2 Å². The fourth-order valence-electron chi connectivity index (χ4n) is 2.93. The summed E-state index contributed by atoms with van der Waals surface area (Å²) in [7, 11) is 0. The first kappa shape index (κ1) is 28.0. The maximum absolute atomic E-state index is 12.6. The molecular formula is C24H30N2O8. The molecule has 0 radical (unpaired) electrons. The molecule has 0 aliphatic carbocycles. The van der Waals surface area contributed by atoms with Crippen molar-refractivity contribution < 1.29 is 38.9 Å². The van der Waals surface area contributed by atoms with Crippen LogP contribution in [0.4, 0.5) is 9.59 Å². The van der Waals surface area contributed by atoms with Crippen LogP contribution in [-0.2, 0) is 31.9 Å². The van der Waals surface area contributed by atoms with Crippen LogP contribution in [0.5, 0.6) is 0 Å². The second-order valence-corrected chi connectivity index (χ2v) is 6.89. The van der Waals surface area contributed by atoms with E-state index < -0.39 is 36.2 Å². The first-order valence-electron chi connectivity index (χ1n) is 10.7. The Kier molecular flexibility index (Phi) is 12.9. The fourth-order valence-corrected chi connectivity index (χ4v) is 2.93. The van der Waals surface area contributed by atoms with Crippen molar-refractivity contribution in [3.63, 3.8) is 0 Å². The lowest BCUT2D eigenvalue weighted by atomic mass is 10.1. The van der Waals surface area contributed by atoms with Gasteiger partial charge in [-0.2, -0.15) is 0 Å². The highest BCUT2D eigenvalue weighted by Gasteiger charge is 2.27. The average molecular weight is 475 g/mol. The van der Waals surface area contributed by atoms with Crippen LogP contribution in [0.15, 0.2) is 60.7 Å². The molecular weight excluding hydrogens is 444 g/mol. The van der Waals surface area contributed by atoms with Crippen LogP contribution in [-0.4, -0.2) is 59.6 Å². The Hall–Kier alpha value is -4.08. The van der Waals surface area contributed by atoms with Crippen LogP contribution in [0, 0.1) is 0 Å². The number of ether oxygens (including phenoxy) is 2. The second-order valence-electron chi connectivity index (χ2n) is 6.89. The topological polar surface area (TPSA) is 151 Å². The quantitative estimate of drug-likeness (QED) is 0.384. The predicted octanol–water partition coefficient (Wildman–Crippen LogP) is 2.86. The fraction of sp³-hybridized carbons (Fsp3) is 0.333. The number of amides is 2. The van der Waals surface area contributed by atoms with Crippen molar-refractivity contribution in [2.24, 2.45) is 0 Å². The Labute approximate surface area is 197 Å². The van der Waals surface area contributed by atoms with E-state index in [2.05, 4.69) is 10.6 Å². The van der Waals surface area contributed by atoms with Crippen molar-refractivity contribution in [2.45, 2.75) is 38.8 Å². The van der Waals surface area contributed by atoms with Crippen molar-refractivity contribution >= 4 is 24.1 Å². The standard InChI is InChI=1S/C23H28N2O5.CH2O3/c1-3-29-21(26)19(15-17-11-7-5-8-12-17)24-23(28)25-20(22(27)30-4-2)16-18-13-9-6-10-14-18;2-1(3)4/h5-14,19-20H,3-4,15-16H2,1-2H3,(H2,24,25,28);(H2,2,3,4). The molecule has 0 aliphatic heterocycles. The van der Waals surface area contributed by atoms with E-state index in [1.165, 1.54) is 0 Å². The zero-order valence-electron chi connectivity index (χ0n) is 19.1. The number of hydrogen-bond acceptors (Lipinski definition) is 6. The summed E-state index contributed by atoms with van der Waals surface area (Å²) in [6.45, 7) is 3.81. The van der Waals surface area contributed by atoms with Gasteiger partial charge in [0.05, 0.1) is 13.2 Å².